The third kappa shape index (κ3) is 3.80. The molecule has 9 heteroatoms. The first kappa shape index (κ1) is 20.1. The van der Waals surface area contributed by atoms with Crippen molar-refractivity contribution in [2.45, 2.75) is 19.4 Å². The zero-order chi connectivity index (χ0) is 21.3. The van der Waals surface area contributed by atoms with Gasteiger partial charge in [0, 0.05) is 36.8 Å². The molecule has 0 saturated carbocycles. The molecule has 2 N–H and O–H groups in total. The average molecular weight is 413 g/mol. The second kappa shape index (κ2) is 8.27. The van der Waals surface area contributed by atoms with Crippen molar-refractivity contribution in [2.24, 2.45) is 12.0 Å². The van der Waals surface area contributed by atoms with E-state index in [4.69, 9.17) is 4.74 Å². The summed E-state index contributed by atoms with van der Waals surface area (Å²) in [6, 6.07) is 4.71. The Hall–Kier alpha value is -3.20. The van der Waals surface area contributed by atoms with E-state index in [1.54, 1.807) is 31.6 Å². The fourth-order valence-corrected chi connectivity index (χ4v) is 3.86. The topological polar surface area (TPSA) is 88.0 Å². The van der Waals surface area contributed by atoms with Crippen molar-refractivity contribution in [3.05, 3.63) is 57.5 Å². The summed E-state index contributed by atoms with van der Waals surface area (Å²) in [5.41, 5.74) is 1.79. The van der Waals surface area contributed by atoms with Gasteiger partial charge in [-0.3, -0.25) is 14.7 Å². The van der Waals surface area contributed by atoms with Crippen molar-refractivity contribution >= 4 is 23.2 Å². The normalized spacial score (nSPS) is 18.5. The van der Waals surface area contributed by atoms with Gasteiger partial charge in [-0.15, -0.1) is 0 Å². The molecule has 1 atom stereocenters. The predicted octanol–water partition coefficient (Wildman–Crippen LogP) is 1.41. The summed E-state index contributed by atoms with van der Waals surface area (Å²) in [5, 5.41) is 7.18. The van der Waals surface area contributed by atoms with Crippen molar-refractivity contribution in [2.75, 3.05) is 26.2 Å². The summed E-state index contributed by atoms with van der Waals surface area (Å²) in [5.74, 6) is 0.290. The van der Waals surface area contributed by atoms with Gasteiger partial charge >= 0.3 is 6.09 Å². The predicted molar refractivity (Wildman–Crippen MR) is 112 cm³/mol. The monoisotopic (exact) mass is 413 g/mol. The van der Waals surface area contributed by atoms with E-state index in [1.807, 2.05) is 6.92 Å². The van der Waals surface area contributed by atoms with Gasteiger partial charge in [0.25, 0.3) is 5.56 Å². The minimum atomic E-state index is -0.414. The molecular formula is C21H24FN5O3. The number of benzene rings is 1. The molecule has 1 saturated heterocycles. The van der Waals surface area contributed by atoms with Crippen LogP contribution in [-0.2, 0) is 18.2 Å². The Morgan fingerprint density at radius 3 is 2.97 bits per heavy atom. The number of aromatic nitrogens is 1. The van der Waals surface area contributed by atoms with E-state index in [1.165, 1.54) is 15.5 Å². The highest BCUT2D eigenvalue weighted by Crippen LogP contribution is 2.23. The van der Waals surface area contributed by atoms with E-state index in [0.717, 1.165) is 10.9 Å². The first-order valence-corrected chi connectivity index (χ1v) is 9.88. The number of halogens is 1. The maximum atomic E-state index is 14.6. The summed E-state index contributed by atoms with van der Waals surface area (Å²) >= 11 is 0. The van der Waals surface area contributed by atoms with Gasteiger partial charge in [-0.05, 0) is 37.6 Å². The number of fused-ring (bicyclic) bond motifs is 1. The number of aryl methyl sites for hydroxylation is 2. The molecule has 1 aromatic carbocycles. The SMILES string of the molecule is Cc1cc(=O)n(C)c2c(CCNC[C@H]3CN(C4=CN=CCN4)C(=O)O3)c(F)ccc12. The zero-order valence-corrected chi connectivity index (χ0v) is 16.9. The highest BCUT2D eigenvalue weighted by Gasteiger charge is 2.33. The Morgan fingerprint density at radius 2 is 2.20 bits per heavy atom. The Bertz CT molecular complexity index is 1110. The molecule has 0 bridgehead atoms. The van der Waals surface area contributed by atoms with Gasteiger partial charge < -0.3 is 19.9 Å². The van der Waals surface area contributed by atoms with Crippen LogP contribution in [-0.4, -0.2) is 54.1 Å². The highest BCUT2D eigenvalue weighted by molar-refractivity contribution is 5.85. The van der Waals surface area contributed by atoms with Gasteiger partial charge in [0.15, 0.2) is 0 Å². The van der Waals surface area contributed by atoms with Crippen LogP contribution in [0.2, 0.25) is 0 Å². The third-order valence-electron chi connectivity index (χ3n) is 5.42. The van der Waals surface area contributed by atoms with Gasteiger partial charge in [-0.25, -0.2) is 9.18 Å². The van der Waals surface area contributed by atoms with Gasteiger partial charge in [0.1, 0.15) is 17.7 Å². The Balaban J connectivity index is 1.40. The molecule has 0 radical (unpaired) electrons. The number of cyclic esters (lactones) is 1. The molecule has 8 nitrogen and oxygen atoms in total. The molecule has 2 aliphatic rings. The van der Waals surface area contributed by atoms with Gasteiger partial charge in [0.05, 0.1) is 24.8 Å². The van der Waals surface area contributed by atoms with E-state index in [2.05, 4.69) is 15.6 Å². The van der Waals surface area contributed by atoms with Gasteiger partial charge in [-0.1, -0.05) is 0 Å². The molecule has 1 amide bonds. The van der Waals surface area contributed by atoms with E-state index in [9.17, 15) is 14.0 Å². The molecule has 1 fully saturated rings. The van der Waals surface area contributed by atoms with Crippen molar-refractivity contribution in [3.63, 3.8) is 0 Å². The number of nitrogens with zero attached hydrogens (tertiary/aromatic N) is 3. The molecule has 0 spiro atoms. The highest BCUT2D eigenvalue weighted by atomic mass is 19.1. The van der Waals surface area contributed by atoms with Crippen molar-refractivity contribution < 1.29 is 13.9 Å². The molecule has 1 aromatic heterocycles. The molecule has 0 aliphatic carbocycles. The van der Waals surface area contributed by atoms with Crippen LogP contribution in [0.15, 0.2) is 40.0 Å². The number of hydrogen-bond donors (Lipinski definition) is 2. The number of pyridine rings is 1. The first-order chi connectivity index (χ1) is 14.5. The second-order valence-corrected chi connectivity index (χ2v) is 7.44. The van der Waals surface area contributed by atoms with E-state index < -0.39 is 6.09 Å². The maximum absolute atomic E-state index is 14.6. The molecule has 2 aliphatic heterocycles. The number of carbonyl (C=O) groups excluding carboxylic acids is 1. The molecule has 158 valence electrons. The number of rotatable bonds is 6. The Morgan fingerprint density at radius 1 is 1.37 bits per heavy atom. The molecule has 0 unspecified atom stereocenters. The van der Waals surface area contributed by atoms with Crippen LogP contribution in [0.3, 0.4) is 0 Å². The van der Waals surface area contributed by atoms with Crippen LogP contribution in [0, 0.1) is 12.7 Å². The number of aliphatic imine (C=N–C) groups is 1. The quantitative estimate of drug-likeness (QED) is 0.700. The van der Waals surface area contributed by atoms with E-state index >= 15 is 0 Å². The number of nitrogens with one attached hydrogen (secondary N) is 2. The van der Waals surface area contributed by atoms with Crippen LogP contribution in [0.5, 0.6) is 0 Å². The summed E-state index contributed by atoms with van der Waals surface area (Å²) in [6.07, 6.45) is 2.99. The van der Waals surface area contributed by atoms with Crippen LogP contribution in [0.4, 0.5) is 9.18 Å². The molecular weight excluding hydrogens is 389 g/mol. The lowest BCUT2D eigenvalue weighted by Gasteiger charge is -2.19. The fraction of sp³-hybridized carbons (Fsp3) is 0.381. The Labute approximate surface area is 173 Å². The molecule has 2 aromatic rings. The lowest BCUT2D eigenvalue weighted by Crippen LogP contribution is -2.36. The fourth-order valence-electron chi connectivity index (χ4n) is 3.86. The minimum absolute atomic E-state index is 0.160. The second-order valence-electron chi connectivity index (χ2n) is 7.44. The number of hydrogen-bond acceptors (Lipinski definition) is 6. The summed E-state index contributed by atoms with van der Waals surface area (Å²) in [7, 11) is 1.66. The van der Waals surface area contributed by atoms with Crippen molar-refractivity contribution in [1.29, 1.82) is 0 Å². The molecule has 4 rings (SSSR count). The van der Waals surface area contributed by atoms with E-state index in [0.29, 0.717) is 49.5 Å². The largest absolute Gasteiger partial charge is 0.443 e. The smallest absolute Gasteiger partial charge is 0.415 e. The Kier molecular flexibility index (Phi) is 5.54. The number of amides is 1. The van der Waals surface area contributed by atoms with E-state index in [-0.39, 0.29) is 17.5 Å². The number of carbonyl (C=O) groups is 1. The van der Waals surface area contributed by atoms with Crippen LogP contribution in [0.25, 0.3) is 10.9 Å². The lowest BCUT2D eigenvalue weighted by atomic mass is 10.0. The van der Waals surface area contributed by atoms with Gasteiger partial charge in [0.2, 0.25) is 0 Å². The lowest BCUT2D eigenvalue weighted by molar-refractivity contribution is 0.133. The average Bonchev–Trinajstić information content (AvgIpc) is 3.11. The molecule has 3 heterocycles. The van der Waals surface area contributed by atoms with Crippen LogP contribution in [0.1, 0.15) is 11.1 Å². The standard InChI is InChI=1S/C21H24FN5O3/c1-13-9-19(28)26(2)20-15(13)3-4-17(22)16(20)5-6-23-10-14-12-27(21(29)30-14)18-11-24-7-8-25-18/h3-4,7,9,11,14,23,25H,5-6,8,10,12H2,1-2H3/t14-/m0/s1. The van der Waals surface area contributed by atoms with Crippen LogP contribution >= 0.6 is 0 Å². The minimum Gasteiger partial charge on any atom is -0.443 e. The van der Waals surface area contributed by atoms with Crippen LogP contribution < -0.4 is 16.2 Å². The van der Waals surface area contributed by atoms with Gasteiger partial charge in [-0.2, -0.15) is 0 Å². The summed E-state index contributed by atoms with van der Waals surface area (Å²) in [4.78, 5) is 29.8. The third-order valence-corrected chi connectivity index (χ3v) is 5.42. The summed E-state index contributed by atoms with van der Waals surface area (Å²) < 4.78 is 21.4. The first-order valence-electron chi connectivity index (χ1n) is 9.88. The van der Waals surface area contributed by atoms with Crippen molar-refractivity contribution in [3.8, 4) is 0 Å². The maximum Gasteiger partial charge on any atom is 0.415 e. The number of ether oxygens (including phenoxy) is 1. The zero-order valence-electron chi connectivity index (χ0n) is 16.9. The molecule has 30 heavy (non-hydrogen) atoms. The summed E-state index contributed by atoms with van der Waals surface area (Å²) in [6.45, 7) is 3.76. The van der Waals surface area contributed by atoms with Crippen molar-refractivity contribution in [1.82, 2.24) is 20.1 Å².